The van der Waals surface area contributed by atoms with E-state index in [-0.39, 0.29) is 11.8 Å². The minimum atomic E-state index is -0.515. The summed E-state index contributed by atoms with van der Waals surface area (Å²) in [6.45, 7) is 0.482. The maximum Gasteiger partial charge on any atom is 0.312 e. The lowest BCUT2D eigenvalue weighted by atomic mass is 10.0. The summed E-state index contributed by atoms with van der Waals surface area (Å²) >= 11 is 0. The molecule has 1 N–H and O–H groups in total. The number of nitrogens with one attached hydrogen (secondary N) is 1. The smallest absolute Gasteiger partial charge is 0.312 e. The van der Waals surface area contributed by atoms with Gasteiger partial charge in [0.2, 0.25) is 5.89 Å². The number of para-hydroxylation sites is 1. The highest BCUT2D eigenvalue weighted by molar-refractivity contribution is 5.90. The molecule has 0 bridgehead atoms. The van der Waals surface area contributed by atoms with E-state index in [9.17, 15) is 4.79 Å². The number of fused-ring (bicyclic) bond motifs is 2. The van der Waals surface area contributed by atoms with Crippen molar-refractivity contribution in [3.63, 3.8) is 0 Å². The molecule has 3 aromatic heterocycles. The first kappa shape index (κ1) is 16.3. The molecular formula is C20H17N7O2. The average Bonchev–Trinajstić information content (AvgIpc) is 3.29. The van der Waals surface area contributed by atoms with E-state index in [4.69, 9.17) is 9.40 Å². The molecule has 6 rings (SSSR count). The van der Waals surface area contributed by atoms with Crippen molar-refractivity contribution in [2.24, 2.45) is 0 Å². The van der Waals surface area contributed by atoms with Crippen molar-refractivity contribution in [2.45, 2.75) is 31.2 Å². The van der Waals surface area contributed by atoms with E-state index in [0.717, 1.165) is 35.1 Å². The Kier molecular flexibility index (Phi) is 3.49. The molecule has 1 aromatic carbocycles. The number of imidazole rings is 1. The van der Waals surface area contributed by atoms with Crippen LogP contribution in [0.3, 0.4) is 0 Å². The molecule has 1 atom stereocenters. The number of benzene rings is 1. The molecule has 0 unspecified atom stereocenters. The van der Waals surface area contributed by atoms with Gasteiger partial charge in [0.25, 0.3) is 0 Å². The maximum atomic E-state index is 13.3. The summed E-state index contributed by atoms with van der Waals surface area (Å²) < 4.78 is 5.66. The van der Waals surface area contributed by atoms with E-state index in [2.05, 4.69) is 25.1 Å². The van der Waals surface area contributed by atoms with Crippen molar-refractivity contribution in [2.75, 3.05) is 6.54 Å². The number of carbonyl (C=O) groups is 1. The molecule has 9 nitrogen and oxygen atoms in total. The van der Waals surface area contributed by atoms with Gasteiger partial charge in [-0.25, -0.2) is 15.0 Å². The number of aromatic amines is 1. The van der Waals surface area contributed by atoms with Crippen molar-refractivity contribution < 1.29 is 9.21 Å². The second-order valence-electron chi connectivity index (χ2n) is 7.42. The Morgan fingerprint density at radius 2 is 2.07 bits per heavy atom. The molecule has 0 saturated heterocycles. The highest BCUT2D eigenvalue weighted by Crippen LogP contribution is 2.39. The average molecular weight is 387 g/mol. The van der Waals surface area contributed by atoms with Crippen molar-refractivity contribution in [1.29, 1.82) is 0 Å². The van der Waals surface area contributed by atoms with Crippen LogP contribution in [-0.2, 0) is 6.42 Å². The van der Waals surface area contributed by atoms with Crippen LogP contribution in [0.25, 0.3) is 10.9 Å². The predicted octanol–water partition coefficient (Wildman–Crippen LogP) is 2.40. The zero-order chi connectivity index (χ0) is 19.4. The summed E-state index contributed by atoms with van der Waals surface area (Å²) in [7, 11) is 0. The fourth-order valence-electron chi connectivity index (χ4n) is 3.81. The molecular weight excluding hydrogens is 370 g/mol. The first-order valence-electron chi connectivity index (χ1n) is 9.66. The summed E-state index contributed by atoms with van der Waals surface area (Å²) in [5.74, 6) is 1.05. The molecule has 9 heteroatoms. The van der Waals surface area contributed by atoms with Gasteiger partial charge in [-0.2, -0.15) is 0 Å². The van der Waals surface area contributed by atoms with Crippen LogP contribution in [0.1, 0.15) is 58.6 Å². The first-order valence-corrected chi connectivity index (χ1v) is 9.66. The van der Waals surface area contributed by atoms with Crippen molar-refractivity contribution in [1.82, 2.24) is 35.0 Å². The van der Waals surface area contributed by atoms with E-state index in [1.165, 1.54) is 0 Å². The third-order valence-electron chi connectivity index (χ3n) is 5.49. The predicted molar refractivity (Wildman–Crippen MR) is 101 cm³/mol. The van der Waals surface area contributed by atoms with Gasteiger partial charge in [-0.3, -0.25) is 4.79 Å². The van der Waals surface area contributed by atoms with Gasteiger partial charge in [0, 0.05) is 36.2 Å². The number of carbonyl (C=O) groups excluding carboxylic acids is 1. The molecule has 2 aliphatic rings. The fourth-order valence-corrected chi connectivity index (χ4v) is 3.81. The van der Waals surface area contributed by atoms with Crippen molar-refractivity contribution in [3.05, 3.63) is 65.8 Å². The zero-order valence-corrected chi connectivity index (χ0v) is 15.4. The Morgan fingerprint density at radius 3 is 2.97 bits per heavy atom. The van der Waals surface area contributed by atoms with Gasteiger partial charge in [0.15, 0.2) is 5.82 Å². The first-order chi connectivity index (χ1) is 14.3. The van der Waals surface area contributed by atoms with Crippen LogP contribution in [0.5, 0.6) is 0 Å². The molecule has 1 fully saturated rings. The molecule has 1 saturated carbocycles. The summed E-state index contributed by atoms with van der Waals surface area (Å²) in [6.07, 6.45) is 6.14. The van der Waals surface area contributed by atoms with Crippen molar-refractivity contribution in [3.8, 4) is 0 Å². The summed E-state index contributed by atoms with van der Waals surface area (Å²) in [5, 5.41) is 8.99. The van der Waals surface area contributed by atoms with E-state index in [0.29, 0.717) is 30.6 Å². The van der Waals surface area contributed by atoms with Gasteiger partial charge in [0.05, 0.1) is 17.5 Å². The van der Waals surface area contributed by atoms with Crippen LogP contribution in [0, 0.1) is 0 Å². The molecule has 1 aliphatic carbocycles. The lowest BCUT2D eigenvalue weighted by Gasteiger charge is -2.32. The molecule has 0 radical (unpaired) electrons. The molecule has 144 valence electrons. The van der Waals surface area contributed by atoms with Gasteiger partial charge >= 0.3 is 11.8 Å². The van der Waals surface area contributed by atoms with E-state index >= 15 is 0 Å². The van der Waals surface area contributed by atoms with Crippen LogP contribution in [0.2, 0.25) is 0 Å². The van der Waals surface area contributed by atoms with Crippen molar-refractivity contribution >= 4 is 16.8 Å². The van der Waals surface area contributed by atoms with Crippen LogP contribution >= 0.6 is 0 Å². The second-order valence-corrected chi connectivity index (χ2v) is 7.42. The molecule has 0 spiro atoms. The zero-order valence-electron chi connectivity index (χ0n) is 15.4. The number of hydrogen-bond donors (Lipinski definition) is 1. The Labute approximate surface area is 165 Å². The Morgan fingerprint density at radius 1 is 1.17 bits per heavy atom. The molecule has 1 amide bonds. The summed E-state index contributed by atoms with van der Waals surface area (Å²) in [4.78, 5) is 31.9. The van der Waals surface area contributed by atoms with Gasteiger partial charge < -0.3 is 14.3 Å². The number of amides is 1. The maximum absolute atomic E-state index is 13.3. The van der Waals surface area contributed by atoms with Gasteiger partial charge in [-0.15, -0.1) is 10.2 Å². The minimum Gasteiger partial charge on any atom is -0.417 e. The van der Waals surface area contributed by atoms with Crippen LogP contribution < -0.4 is 0 Å². The Bertz CT molecular complexity index is 1230. The Balaban J connectivity index is 1.43. The second kappa shape index (κ2) is 6.20. The highest BCUT2D eigenvalue weighted by Gasteiger charge is 2.39. The molecule has 4 heterocycles. The monoisotopic (exact) mass is 387 g/mol. The number of rotatable bonds is 3. The van der Waals surface area contributed by atoms with Gasteiger partial charge in [-0.05, 0) is 18.9 Å². The molecule has 1 aliphatic heterocycles. The quantitative estimate of drug-likeness (QED) is 0.574. The normalized spacial score (nSPS) is 18.8. The third-order valence-corrected chi connectivity index (χ3v) is 5.49. The van der Waals surface area contributed by atoms with Gasteiger partial charge in [0.1, 0.15) is 6.04 Å². The lowest BCUT2D eigenvalue weighted by Crippen LogP contribution is -2.41. The van der Waals surface area contributed by atoms with Gasteiger partial charge in [-0.1, -0.05) is 18.2 Å². The third kappa shape index (κ3) is 2.69. The number of H-pyrrole nitrogens is 1. The minimum absolute atomic E-state index is 0.0108. The molecule has 4 aromatic rings. The number of aromatic nitrogens is 6. The Hall–Kier alpha value is -3.62. The number of nitrogens with zero attached hydrogens (tertiary/aromatic N) is 6. The lowest BCUT2D eigenvalue weighted by molar-refractivity contribution is 0.0640. The van der Waals surface area contributed by atoms with Crippen LogP contribution in [-0.4, -0.2) is 47.5 Å². The largest absolute Gasteiger partial charge is 0.417 e. The topological polar surface area (TPSA) is 114 Å². The molecule has 29 heavy (non-hydrogen) atoms. The summed E-state index contributed by atoms with van der Waals surface area (Å²) in [5.41, 5.74) is 2.56. The SMILES string of the molecule is O=C(c1nnc(C2CC2)o1)N1CCc2[nH]cnc2[C@@H]1c1ncc2ccccc2n1. The fraction of sp³-hybridized carbons (Fsp3) is 0.300. The van der Waals surface area contributed by atoms with E-state index in [1.807, 2.05) is 24.3 Å². The van der Waals surface area contributed by atoms with Crippen LogP contribution in [0.4, 0.5) is 0 Å². The summed E-state index contributed by atoms with van der Waals surface area (Å²) in [6, 6.07) is 7.25. The highest BCUT2D eigenvalue weighted by atomic mass is 16.4. The van der Waals surface area contributed by atoms with Crippen LogP contribution in [0.15, 0.2) is 41.2 Å². The van der Waals surface area contributed by atoms with E-state index < -0.39 is 6.04 Å². The van der Waals surface area contributed by atoms with E-state index in [1.54, 1.807) is 17.4 Å². The number of hydrogen-bond acceptors (Lipinski definition) is 7. The standard InChI is InChI=1S/C20H17N7O2/c28-20(19-26-25-18(29-19)11-5-6-11)27-8-7-14-15(23-10-22-14)16(27)17-21-9-12-3-1-2-4-13(12)24-17/h1-4,9-11,16H,5-8H2,(H,22,23)/t16-/m1/s1.